The van der Waals surface area contributed by atoms with Crippen molar-refractivity contribution < 1.29 is 43.1 Å². The van der Waals surface area contributed by atoms with E-state index in [-0.39, 0.29) is 18.1 Å². The third-order valence-electron chi connectivity index (χ3n) is 7.17. The van der Waals surface area contributed by atoms with Crippen molar-refractivity contribution in [2.24, 2.45) is 0 Å². The van der Waals surface area contributed by atoms with Crippen LogP contribution in [0.1, 0.15) is 23.6 Å². The molecule has 1 atom stereocenters. The van der Waals surface area contributed by atoms with Crippen molar-refractivity contribution >= 4 is 17.4 Å². The SMILES string of the molecule is COc1cc(C2/C(=C(\O)c3ccc4c(c3)OCO4)C(=O)C(=O)N2CCCN2CCOCC2)cc(OC)c1OC. The van der Waals surface area contributed by atoms with Gasteiger partial charge in [-0.2, -0.15) is 0 Å². The number of fused-ring (bicyclic) bond motifs is 1. The normalized spacial score (nSPS) is 20.4. The van der Waals surface area contributed by atoms with Crippen LogP contribution in [0, 0.1) is 0 Å². The summed E-state index contributed by atoms with van der Waals surface area (Å²) in [5.41, 5.74) is 0.847. The van der Waals surface area contributed by atoms with Crippen molar-refractivity contribution in [3.8, 4) is 28.7 Å². The van der Waals surface area contributed by atoms with Crippen molar-refractivity contribution in [2.45, 2.75) is 12.5 Å². The molecule has 3 heterocycles. The van der Waals surface area contributed by atoms with E-state index in [2.05, 4.69) is 4.90 Å². The molecule has 0 aliphatic carbocycles. The molecule has 0 bridgehead atoms. The molecule has 1 unspecified atom stereocenters. The van der Waals surface area contributed by atoms with Gasteiger partial charge in [-0.05, 0) is 42.3 Å². The minimum Gasteiger partial charge on any atom is -0.507 e. The quantitative estimate of drug-likeness (QED) is 0.289. The highest BCUT2D eigenvalue weighted by Crippen LogP contribution is 2.46. The summed E-state index contributed by atoms with van der Waals surface area (Å²) in [5, 5.41) is 11.4. The number of carbonyl (C=O) groups excluding carboxylic acids is 2. The van der Waals surface area contributed by atoms with E-state index in [0.29, 0.717) is 66.1 Å². The van der Waals surface area contributed by atoms with Crippen molar-refractivity contribution in [2.75, 3.05) is 67.5 Å². The van der Waals surface area contributed by atoms with Gasteiger partial charge in [-0.1, -0.05) is 0 Å². The molecule has 2 saturated heterocycles. The molecule has 39 heavy (non-hydrogen) atoms. The molecule has 2 aromatic carbocycles. The van der Waals surface area contributed by atoms with Gasteiger partial charge in [-0.25, -0.2) is 0 Å². The fraction of sp³-hybridized carbons (Fsp3) is 0.429. The number of nitrogens with zero attached hydrogens (tertiary/aromatic N) is 2. The second-order valence-corrected chi connectivity index (χ2v) is 9.33. The van der Waals surface area contributed by atoms with Crippen LogP contribution in [-0.2, 0) is 14.3 Å². The number of likely N-dealkylation sites (tertiary alicyclic amines) is 1. The van der Waals surface area contributed by atoms with E-state index in [1.165, 1.54) is 26.2 Å². The molecule has 11 nitrogen and oxygen atoms in total. The van der Waals surface area contributed by atoms with Gasteiger partial charge in [0.05, 0.1) is 46.2 Å². The Balaban J connectivity index is 1.57. The molecule has 2 aromatic rings. The molecule has 0 saturated carbocycles. The highest BCUT2D eigenvalue weighted by Gasteiger charge is 2.46. The fourth-order valence-electron chi connectivity index (χ4n) is 5.21. The summed E-state index contributed by atoms with van der Waals surface area (Å²) >= 11 is 0. The van der Waals surface area contributed by atoms with E-state index in [1.807, 2.05) is 0 Å². The van der Waals surface area contributed by atoms with E-state index in [4.69, 9.17) is 28.4 Å². The predicted octanol–water partition coefficient (Wildman–Crippen LogP) is 2.59. The van der Waals surface area contributed by atoms with Crippen LogP contribution in [-0.4, -0.2) is 94.1 Å². The van der Waals surface area contributed by atoms with Gasteiger partial charge < -0.3 is 38.4 Å². The zero-order chi connectivity index (χ0) is 27.5. The van der Waals surface area contributed by atoms with Gasteiger partial charge in [-0.3, -0.25) is 14.5 Å². The lowest BCUT2D eigenvalue weighted by molar-refractivity contribution is -0.140. The first-order valence-corrected chi connectivity index (χ1v) is 12.7. The number of ketones is 1. The van der Waals surface area contributed by atoms with Crippen LogP contribution < -0.4 is 23.7 Å². The number of aliphatic hydroxyl groups is 1. The maximum atomic E-state index is 13.5. The molecule has 3 aliphatic heterocycles. The van der Waals surface area contributed by atoms with Crippen molar-refractivity contribution in [3.05, 3.63) is 47.0 Å². The van der Waals surface area contributed by atoms with Gasteiger partial charge in [0, 0.05) is 31.7 Å². The topological polar surface area (TPSA) is 116 Å². The first-order valence-electron chi connectivity index (χ1n) is 12.7. The maximum Gasteiger partial charge on any atom is 0.295 e. The molecule has 2 fully saturated rings. The van der Waals surface area contributed by atoms with Crippen LogP contribution in [0.4, 0.5) is 0 Å². The number of hydrogen-bond acceptors (Lipinski definition) is 10. The van der Waals surface area contributed by atoms with Crippen LogP contribution in [0.2, 0.25) is 0 Å². The van der Waals surface area contributed by atoms with Crippen molar-refractivity contribution in [1.82, 2.24) is 9.80 Å². The number of carbonyl (C=O) groups is 2. The number of ether oxygens (including phenoxy) is 6. The summed E-state index contributed by atoms with van der Waals surface area (Å²) in [6.07, 6.45) is 0.637. The number of benzene rings is 2. The third-order valence-corrected chi connectivity index (χ3v) is 7.17. The Morgan fingerprint density at radius 3 is 2.31 bits per heavy atom. The molecule has 11 heteroatoms. The number of Topliss-reactive ketones (excluding diaryl/α,β-unsaturated/α-hetero) is 1. The summed E-state index contributed by atoms with van der Waals surface area (Å²) in [6.45, 7) is 4.10. The van der Waals surface area contributed by atoms with Gasteiger partial charge >= 0.3 is 0 Å². The first-order chi connectivity index (χ1) is 19.0. The summed E-state index contributed by atoms with van der Waals surface area (Å²) in [6, 6.07) is 7.38. The van der Waals surface area contributed by atoms with Crippen molar-refractivity contribution in [3.63, 3.8) is 0 Å². The smallest absolute Gasteiger partial charge is 0.295 e. The zero-order valence-electron chi connectivity index (χ0n) is 22.2. The first kappa shape index (κ1) is 26.6. The van der Waals surface area contributed by atoms with Crippen LogP contribution in [0.5, 0.6) is 28.7 Å². The number of hydrogen-bond donors (Lipinski definition) is 1. The molecule has 0 aromatic heterocycles. The summed E-state index contributed by atoms with van der Waals surface area (Å²) in [4.78, 5) is 30.6. The van der Waals surface area contributed by atoms with Gasteiger partial charge in [0.2, 0.25) is 12.5 Å². The van der Waals surface area contributed by atoms with E-state index in [0.717, 1.165) is 19.6 Å². The van der Waals surface area contributed by atoms with Gasteiger partial charge in [0.15, 0.2) is 23.0 Å². The van der Waals surface area contributed by atoms with Crippen LogP contribution in [0.25, 0.3) is 5.76 Å². The number of amides is 1. The number of rotatable bonds is 9. The Kier molecular flexibility index (Phi) is 7.80. The molecule has 1 N–H and O–H groups in total. The molecular formula is C28H32N2O9. The van der Waals surface area contributed by atoms with Crippen molar-refractivity contribution in [1.29, 1.82) is 0 Å². The average Bonchev–Trinajstić information content (AvgIpc) is 3.54. The minimum absolute atomic E-state index is 0.0282. The second kappa shape index (κ2) is 11.4. The zero-order valence-corrected chi connectivity index (χ0v) is 22.2. The molecule has 5 rings (SSSR count). The number of morpholine rings is 1. The lowest BCUT2D eigenvalue weighted by Crippen LogP contribution is -2.39. The van der Waals surface area contributed by atoms with E-state index >= 15 is 0 Å². The average molecular weight is 541 g/mol. The minimum atomic E-state index is -0.881. The Morgan fingerprint density at radius 2 is 1.64 bits per heavy atom. The van der Waals surface area contributed by atoms with Crippen LogP contribution in [0.3, 0.4) is 0 Å². The Bertz CT molecular complexity index is 1260. The Hall–Kier alpha value is -3.96. The highest BCUT2D eigenvalue weighted by atomic mass is 16.7. The lowest BCUT2D eigenvalue weighted by Gasteiger charge is -2.29. The molecule has 1 amide bonds. The van der Waals surface area contributed by atoms with Crippen LogP contribution in [0.15, 0.2) is 35.9 Å². The third kappa shape index (κ3) is 5.07. The lowest BCUT2D eigenvalue weighted by atomic mass is 9.94. The number of methoxy groups -OCH3 is 3. The highest BCUT2D eigenvalue weighted by molar-refractivity contribution is 6.46. The van der Waals surface area contributed by atoms with E-state index < -0.39 is 17.7 Å². The summed E-state index contributed by atoms with van der Waals surface area (Å²) in [7, 11) is 4.48. The standard InChI is InChI=1S/C28H32N2O9/c1-34-21-14-18(15-22(35-2)27(21)36-3)24-23(25(31)17-5-6-19-20(13-17)39-16-38-19)26(32)28(33)30(24)8-4-7-29-9-11-37-12-10-29/h5-6,13-15,24,31H,4,7-12,16H2,1-3H3/b25-23+. The maximum absolute atomic E-state index is 13.5. The molecule has 0 spiro atoms. The molecule has 0 radical (unpaired) electrons. The largest absolute Gasteiger partial charge is 0.507 e. The van der Waals surface area contributed by atoms with E-state index in [9.17, 15) is 14.7 Å². The number of aliphatic hydroxyl groups excluding tert-OH is 1. The van der Waals surface area contributed by atoms with Gasteiger partial charge in [-0.15, -0.1) is 0 Å². The molecule has 208 valence electrons. The fourth-order valence-corrected chi connectivity index (χ4v) is 5.21. The monoisotopic (exact) mass is 540 g/mol. The Morgan fingerprint density at radius 1 is 0.949 bits per heavy atom. The van der Waals surface area contributed by atoms with Crippen LogP contribution >= 0.6 is 0 Å². The Labute approximate surface area is 226 Å². The molecular weight excluding hydrogens is 508 g/mol. The summed E-state index contributed by atoms with van der Waals surface area (Å²) in [5.74, 6) is 0.347. The van der Waals surface area contributed by atoms with Gasteiger partial charge in [0.25, 0.3) is 11.7 Å². The summed E-state index contributed by atoms with van der Waals surface area (Å²) < 4.78 is 32.8. The predicted molar refractivity (Wildman–Crippen MR) is 140 cm³/mol. The second-order valence-electron chi connectivity index (χ2n) is 9.33. The van der Waals surface area contributed by atoms with Gasteiger partial charge in [0.1, 0.15) is 5.76 Å². The molecule has 3 aliphatic rings. The van der Waals surface area contributed by atoms with E-state index in [1.54, 1.807) is 30.3 Å².